The zero-order valence-corrected chi connectivity index (χ0v) is 16.5. The molecule has 1 aliphatic heterocycles. The lowest BCUT2D eigenvalue weighted by molar-refractivity contribution is 0.223. The minimum atomic E-state index is -0.272. The molecule has 0 amide bonds. The highest BCUT2D eigenvalue weighted by Gasteiger charge is 2.13. The van der Waals surface area contributed by atoms with Crippen LogP contribution in [-0.2, 0) is 6.54 Å². The number of ether oxygens (including phenoxy) is 1. The van der Waals surface area contributed by atoms with Gasteiger partial charge in [-0.05, 0) is 61.7 Å². The van der Waals surface area contributed by atoms with Crippen LogP contribution in [0, 0.1) is 5.82 Å². The highest BCUT2D eigenvalue weighted by molar-refractivity contribution is 5.79. The summed E-state index contributed by atoms with van der Waals surface area (Å²) in [7, 11) is 1.74. The Balaban J connectivity index is 1.45. The van der Waals surface area contributed by atoms with Gasteiger partial charge >= 0.3 is 0 Å². The van der Waals surface area contributed by atoms with Gasteiger partial charge in [0.1, 0.15) is 23.5 Å². The van der Waals surface area contributed by atoms with Crippen LogP contribution in [0.4, 0.5) is 10.2 Å². The Hall–Kier alpha value is -2.83. The van der Waals surface area contributed by atoms with Gasteiger partial charge < -0.3 is 20.3 Å². The first kappa shape index (κ1) is 19.9. The fraction of sp³-hybridized carbons (Fsp3) is 0.429. The first-order valence-electron chi connectivity index (χ1n) is 9.70. The molecule has 0 radical (unpaired) electrons. The lowest BCUT2D eigenvalue weighted by atomic mass is 10.2. The maximum Gasteiger partial charge on any atom is 0.191 e. The third kappa shape index (κ3) is 5.84. The molecule has 0 saturated carbocycles. The molecule has 0 aliphatic carbocycles. The summed E-state index contributed by atoms with van der Waals surface area (Å²) in [6.45, 7) is 5.36. The Morgan fingerprint density at radius 3 is 2.68 bits per heavy atom. The van der Waals surface area contributed by atoms with Crippen molar-refractivity contribution in [2.75, 3.05) is 31.6 Å². The largest absolute Gasteiger partial charge is 0.489 e. The van der Waals surface area contributed by atoms with Crippen molar-refractivity contribution in [3.05, 3.63) is 54.0 Å². The Bertz CT molecular complexity index is 775. The maximum atomic E-state index is 13.0. The molecule has 1 aromatic carbocycles. The molecule has 1 atom stereocenters. The highest BCUT2D eigenvalue weighted by atomic mass is 19.1. The molecule has 1 unspecified atom stereocenters. The lowest BCUT2D eigenvalue weighted by Gasteiger charge is -2.19. The van der Waals surface area contributed by atoms with Gasteiger partial charge in [0.15, 0.2) is 5.96 Å². The molecule has 28 heavy (non-hydrogen) atoms. The summed E-state index contributed by atoms with van der Waals surface area (Å²) in [5.74, 6) is 2.12. The van der Waals surface area contributed by atoms with Crippen LogP contribution in [0.5, 0.6) is 5.75 Å². The summed E-state index contributed by atoms with van der Waals surface area (Å²) in [5.41, 5.74) is 1.16. The van der Waals surface area contributed by atoms with Crippen LogP contribution in [-0.4, -0.2) is 43.7 Å². The number of hydrogen-bond donors (Lipinski definition) is 2. The number of anilines is 1. The van der Waals surface area contributed by atoms with Gasteiger partial charge in [0.05, 0.1) is 6.54 Å². The van der Waals surface area contributed by atoms with Gasteiger partial charge in [0, 0.05) is 32.9 Å². The topological polar surface area (TPSA) is 61.8 Å². The summed E-state index contributed by atoms with van der Waals surface area (Å²) in [5, 5.41) is 6.57. The van der Waals surface area contributed by atoms with Crippen LogP contribution in [0.1, 0.15) is 25.3 Å². The van der Waals surface area contributed by atoms with E-state index in [1.807, 2.05) is 19.2 Å². The van der Waals surface area contributed by atoms with Crippen LogP contribution in [0.2, 0.25) is 0 Å². The average molecular weight is 385 g/mol. The molecule has 3 rings (SSSR count). The van der Waals surface area contributed by atoms with E-state index in [9.17, 15) is 4.39 Å². The monoisotopic (exact) mass is 385 g/mol. The van der Waals surface area contributed by atoms with Gasteiger partial charge in [-0.1, -0.05) is 0 Å². The predicted molar refractivity (Wildman–Crippen MR) is 110 cm³/mol. The van der Waals surface area contributed by atoms with Crippen molar-refractivity contribution in [3.8, 4) is 5.75 Å². The van der Waals surface area contributed by atoms with Crippen molar-refractivity contribution < 1.29 is 9.13 Å². The van der Waals surface area contributed by atoms with E-state index in [4.69, 9.17) is 4.74 Å². The molecule has 2 aromatic rings. The lowest BCUT2D eigenvalue weighted by Crippen LogP contribution is -2.41. The predicted octanol–water partition coefficient (Wildman–Crippen LogP) is 2.95. The van der Waals surface area contributed by atoms with E-state index >= 15 is 0 Å². The van der Waals surface area contributed by atoms with Crippen molar-refractivity contribution >= 4 is 11.8 Å². The number of hydrogen-bond acceptors (Lipinski definition) is 4. The fourth-order valence-electron chi connectivity index (χ4n) is 3.12. The zero-order valence-electron chi connectivity index (χ0n) is 16.5. The quantitative estimate of drug-likeness (QED) is 0.567. The van der Waals surface area contributed by atoms with Gasteiger partial charge in [-0.2, -0.15) is 0 Å². The molecule has 2 heterocycles. The minimum Gasteiger partial charge on any atom is -0.489 e. The van der Waals surface area contributed by atoms with Crippen molar-refractivity contribution in [2.45, 2.75) is 32.4 Å². The van der Waals surface area contributed by atoms with Gasteiger partial charge in [-0.15, -0.1) is 0 Å². The van der Waals surface area contributed by atoms with Crippen LogP contribution >= 0.6 is 0 Å². The Morgan fingerprint density at radius 2 is 1.96 bits per heavy atom. The van der Waals surface area contributed by atoms with Crippen LogP contribution < -0.4 is 20.3 Å². The van der Waals surface area contributed by atoms with E-state index in [1.54, 1.807) is 19.2 Å². The number of aromatic nitrogens is 1. The number of rotatable bonds is 7. The second kappa shape index (κ2) is 9.92. The average Bonchev–Trinajstić information content (AvgIpc) is 3.25. The number of guanidine groups is 1. The second-order valence-corrected chi connectivity index (χ2v) is 6.91. The molecule has 0 spiro atoms. The number of halogens is 1. The molecule has 1 aromatic heterocycles. The third-order valence-corrected chi connectivity index (χ3v) is 4.63. The maximum absolute atomic E-state index is 13.0. The molecular formula is C21H28FN5O. The van der Waals surface area contributed by atoms with E-state index in [0.717, 1.165) is 24.5 Å². The van der Waals surface area contributed by atoms with Crippen molar-refractivity contribution in [3.63, 3.8) is 0 Å². The van der Waals surface area contributed by atoms with Crippen LogP contribution in [0.25, 0.3) is 0 Å². The van der Waals surface area contributed by atoms with Crippen molar-refractivity contribution in [2.24, 2.45) is 4.99 Å². The summed E-state index contributed by atoms with van der Waals surface area (Å²) in [6, 6.07) is 10.2. The van der Waals surface area contributed by atoms with E-state index in [-0.39, 0.29) is 11.9 Å². The molecule has 2 N–H and O–H groups in total. The molecule has 1 saturated heterocycles. The smallest absolute Gasteiger partial charge is 0.191 e. The summed E-state index contributed by atoms with van der Waals surface area (Å²) < 4.78 is 18.7. The van der Waals surface area contributed by atoms with Gasteiger partial charge in [0.2, 0.25) is 0 Å². The zero-order chi connectivity index (χ0) is 19.8. The number of pyridine rings is 1. The number of aliphatic imine (C=N–C) groups is 1. The van der Waals surface area contributed by atoms with E-state index in [2.05, 4.69) is 31.6 Å². The Kier molecular flexibility index (Phi) is 7.06. The van der Waals surface area contributed by atoms with Gasteiger partial charge in [0.25, 0.3) is 0 Å². The van der Waals surface area contributed by atoms with E-state index in [0.29, 0.717) is 24.8 Å². The highest BCUT2D eigenvalue weighted by Crippen LogP contribution is 2.18. The number of benzene rings is 1. The molecule has 1 fully saturated rings. The number of nitrogens with zero attached hydrogens (tertiary/aromatic N) is 3. The molecule has 7 heteroatoms. The van der Waals surface area contributed by atoms with Crippen molar-refractivity contribution in [1.82, 2.24) is 15.6 Å². The summed E-state index contributed by atoms with van der Waals surface area (Å²) in [6.07, 6.45) is 4.24. The van der Waals surface area contributed by atoms with E-state index < -0.39 is 0 Å². The normalized spacial score (nSPS) is 15.4. The van der Waals surface area contributed by atoms with Crippen molar-refractivity contribution in [1.29, 1.82) is 0 Å². The molecule has 1 aliphatic rings. The number of nitrogens with one attached hydrogen (secondary N) is 2. The van der Waals surface area contributed by atoms with E-state index in [1.165, 1.54) is 25.0 Å². The third-order valence-electron chi connectivity index (χ3n) is 4.63. The molecule has 6 nitrogen and oxygen atoms in total. The SMILES string of the molecule is CN=C(NCc1ccnc(N2CCCC2)c1)NCC(C)Oc1ccc(F)cc1. The fourth-order valence-corrected chi connectivity index (χ4v) is 3.12. The Morgan fingerprint density at radius 1 is 1.21 bits per heavy atom. The van der Waals surface area contributed by atoms with Gasteiger partial charge in [-0.25, -0.2) is 9.37 Å². The molecular weight excluding hydrogens is 357 g/mol. The van der Waals surface area contributed by atoms with Crippen LogP contribution in [0.3, 0.4) is 0 Å². The first-order valence-corrected chi connectivity index (χ1v) is 9.70. The minimum absolute atomic E-state index is 0.0910. The first-order chi connectivity index (χ1) is 13.6. The standard InChI is InChI=1S/C21H28FN5O/c1-16(28-19-7-5-18(22)6-8-19)14-25-21(23-2)26-15-17-9-10-24-20(13-17)27-11-3-4-12-27/h5-10,13,16H,3-4,11-12,14-15H2,1-2H3,(H2,23,25,26). The summed E-state index contributed by atoms with van der Waals surface area (Å²) in [4.78, 5) is 11.1. The Labute approximate surface area is 165 Å². The molecule has 0 bridgehead atoms. The van der Waals surface area contributed by atoms with Gasteiger partial charge in [-0.3, -0.25) is 4.99 Å². The second-order valence-electron chi connectivity index (χ2n) is 6.91. The summed E-state index contributed by atoms with van der Waals surface area (Å²) >= 11 is 0. The van der Waals surface area contributed by atoms with Crippen LogP contribution in [0.15, 0.2) is 47.6 Å². The molecule has 150 valence electrons.